The molecular formula is C15H23ClN2OS. The number of piperidine rings is 1. The highest BCUT2D eigenvalue weighted by atomic mass is 35.5. The van der Waals surface area contributed by atoms with Crippen LogP contribution in [0.5, 0.6) is 0 Å². The minimum absolute atomic E-state index is 0. The van der Waals surface area contributed by atoms with E-state index in [0.29, 0.717) is 5.92 Å². The Kier molecular flexibility index (Phi) is 6.86. The molecule has 0 bridgehead atoms. The molecule has 1 heterocycles. The van der Waals surface area contributed by atoms with Crippen LogP contribution in [-0.2, 0) is 0 Å². The van der Waals surface area contributed by atoms with Crippen molar-refractivity contribution in [2.75, 3.05) is 19.3 Å². The summed E-state index contributed by atoms with van der Waals surface area (Å²) in [5.74, 6) is 0.571. The first-order valence-electron chi connectivity index (χ1n) is 6.80. The van der Waals surface area contributed by atoms with Crippen LogP contribution in [0.2, 0.25) is 0 Å². The molecule has 1 aromatic rings. The Morgan fingerprint density at radius 1 is 1.40 bits per heavy atom. The third-order valence-corrected chi connectivity index (χ3v) is 4.57. The van der Waals surface area contributed by atoms with E-state index in [1.165, 1.54) is 4.90 Å². The minimum Gasteiger partial charge on any atom is -0.338 e. The Hall–Kier alpha value is -0.710. The summed E-state index contributed by atoms with van der Waals surface area (Å²) >= 11 is 1.69. The Labute approximate surface area is 131 Å². The molecule has 3 nitrogen and oxygen atoms in total. The molecule has 0 aromatic heterocycles. The second-order valence-corrected chi connectivity index (χ2v) is 6.12. The smallest absolute Gasteiger partial charge is 0.253 e. The molecule has 5 heteroatoms. The van der Waals surface area contributed by atoms with Crippen molar-refractivity contribution in [1.29, 1.82) is 0 Å². The summed E-state index contributed by atoms with van der Waals surface area (Å²) in [4.78, 5) is 15.6. The second kappa shape index (κ2) is 7.91. The highest BCUT2D eigenvalue weighted by molar-refractivity contribution is 7.98. The Morgan fingerprint density at radius 3 is 2.60 bits per heavy atom. The van der Waals surface area contributed by atoms with Gasteiger partial charge < -0.3 is 10.6 Å². The van der Waals surface area contributed by atoms with Gasteiger partial charge in [0.15, 0.2) is 0 Å². The fourth-order valence-corrected chi connectivity index (χ4v) is 2.95. The number of nitrogens with zero attached hydrogens (tertiary/aromatic N) is 1. The molecular weight excluding hydrogens is 292 g/mol. The maximum atomic E-state index is 12.4. The minimum atomic E-state index is 0. The van der Waals surface area contributed by atoms with Crippen LogP contribution in [0.25, 0.3) is 0 Å². The Bertz CT molecular complexity index is 436. The summed E-state index contributed by atoms with van der Waals surface area (Å²) < 4.78 is 0. The van der Waals surface area contributed by atoms with Crippen molar-refractivity contribution in [1.82, 2.24) is 4.90 Å². The van der Waals surface area contributed by atoms with Gasteiger partial charge in [-0.05, 0) is 56.2 Å². The number of carbonyl (C=O) groups is 1. The van der Waals surface area contributed by atoms with Gasteiger partial charge in [-0.15, -0.1) is 24.2 Å². The van der Waals surface area contributed by atoms with Gasteiger partial charge in [-0.25, -0.2) is 0 Å². The Morgan fingerprint density at radius 2 is 2.05 bits per heavy atom. The number of benzene rings is 1. The summed E-state index contributed by atoms with van der Waals surface area (Å²) in [7, 11) is 0. The number of likely N-dealkylation sites (tertiary alicyclic amines) is 1. The molecule has 0 saturated carbocycles. The maximum Gasteiger partial charge on any atom is 0.253 e. The van der Waals surface area contributed by atoms with E-state index in [-0.39, 0.29) is 24.4 Å². The van der Waals surface area contributed by atoms with E-state index in [4.69, 9.17) is 5.73 Å². The number of thioether (sulfide) groups is 1. The first-order valence-corrected chi connectivity index (χ1v) is 8.03. The molecule has 20 heavy (non-hydrogen) atoms. The van der Waals surface area contributed by atoms with Crippen molar-refractivity contribution in [2.24, 2.45) is 11.7 Å². The fraction of sp³-hybridized carbons (Fsp3) is 0.533. The van der Waals surface area contributed by atoms with Gasteiger partial charge in [-0.3, -0.25) is 4.79 Å². The van der Waals surface area contributed by atoms with Crippen LogP contribution in [-0.4, -0.2) is 36.2 Å². The van der Waals surface area contributed by atoms with E-state index in [0.717, 1.165) is 31.5 Å². The number of amides is 1. The van der Waals surface area contributed by atoms with E-state index in [1.807, 2.05) is 42.3 Å². The summed E-state index contributed by atoms with van der Waals surface area (Å²) in [5, 5.41) is 0. The number of halogens is 1. The molecule has 1 fully saturated rings. The zero-order valence-corrected chi connectivity index (χ0v) is 13.7. The molecule has 2 N–H and O–H groups in total. The van der Waals surface area contributed by atoms with E-state index in [9.17, 15) is 4.79 Å². The van der Waals surface area contributed by atoms with Gasteiger partial charge >= 0.3 is 0 Å². The zero-order valence-electron chi connectivity index (χ0n) is 12.0. The molecule has 2 atom stereocenters. The van der Waals surface area contributed by atoms with Gasteiger partial charge in [0.2, 0.25) is 0 Å². The molecule has 1 aliphatic heterocycles. The average Bonchev–Trinajstić information content (AvgIpc) is 2.46. The van der Waals surface area contributed by atoms with Gasteiger partial charge in [0.1, 0.15) is 0 Å². The van der Waals surface area contributed by atoms with E-state index < -0.39 is 0 Å². The maximum absolute atomic E-state index is 12.4. The lowest BCUT2D eigenvalue weighted by Crippen LogP contribution is -2.45. The van der Waals surface area contributed by atoms with Gasteiger partial charge in [-0.2, -0.15) is 0 Å². The third-order valence-electron chi connectivity index (χ3n) is 3.83. The van der Waals surface area contributed by atoms with Gasteiger partial charge in [0.05, 0.1) is 0 Å². The first kappa shape index (κ1) is 17.3. The SMILES string of the molecule is CSc1ccc(C(=O)N2CCCC(C(C)N)C2)cc1.Cl. The zero-order chi connectivity index (χ0) is 13.8. The van der Waals surface area contributed by atoms with Crippen LogP contribution in [0, 0.1) is 5.92 Å². The van der Waals surface area contributed by atoms with Crippen LogP contribution in [0.3, 0.4) is 0 Å². The second-order valence-electron chi connectivity index (χ2n) is 5.24. The van der Waals surface area contributed by atoms with Crippen molar-refractivity contribution in [3.63, 3.8) is 0 Å². The van der Waals surface area contributed by atoms with E-state index in [1.54, 1.807) is 11.8 Å². The lowest BCUT2D eigenvalue weighted by atomic mass is 9.92. The lowest BCUT2D eigenvalue weighted by Gasteiger charge is -2.34. The van der Waals surface area contributed by atoms with Crippen LogP contribution in [0.15, 0.2) is 29.2 Å². The normalized spacial score (nSPS) is 20.1. The van der Waals surface area contributed by atoms with Crippen LogP contribution < -0.4 is 5.73 Å². The molecule has 1 aliphatic rings. The molecule has 0 spiro atoms. The molecule has 1 saturated heterocycles. The molecule has 2 rings (SSSR count). The van der Waals surface area contributed by atoms with Crippen molar-refractivity contribution < 1.29 is 4.79 Å². The molecule has 1 aromatic carbocycles. The highest BCUT2D eigenvalue weighted by Crippen LogP contribution is 2.21. The largest absolute Gasteiger partial charge is 0.338 e. The van der Waals surface area contributed by atoms with E-state index >= 15 is 0 Å². The number of nitrogens with two attached hydrogens (primary N) is 1. The van der Waals surface area contributed by atoms with Crippen LogP contribution in [0.1, 0.15) is 30.1 Å². The first-order chi connectivity index (χ1) is 9.11. The lowest BCUT2D eigenvalue weighted by molar-refractivity contribution is 0.0661. The molecule has 0 aliphatic carbocycles. The van der Waals surface area contributed by atoms with Crippen LogP contribution >= 0.6 is 24.2 Å². The quantitative estimate of drug-likeness (QED) is 0.872. The monoisotopic (exact) mass is 314 g/mol. The number of hydrogen-bond acceptors (Lipinski definition) is 3. The summed E-state index contributed by atoms with van der Waals surface area (Å²) in [5.41, 5.74) is 6.75. The fourth-order valence-electron chi connectivity index (χ4n) is 2.54. The van der Waals surface area contributed by atoms with Crippen molar-refractivity contribution in [3.8, 4) is 0 Å². The van der Waals surface area contributed by atoms with Gasteiger partial charge in [0.25, 0.3) is 5.91 Å². The van der Waals surface area contributed by atoms with Gasteiger partial charge in [0, 0.05) is 29.6 Å². The predicted molar refractivity (Wildman–Crippen MR) is 87.7 cm³/mol. The number of hydrogen-bond donors (Lipinski definition) is 1. The molecule has 2 unspecified atom stereocenters. The molecule has 1 amide bonds. The van der Waals surface area contributed by atoms with Gasteiger partial charge in [-0.1, -0.05) is 0 Å². The molecule has 0 radical (unpaired) electrons. The van der Waals surface area contributed by atoms with Crippen LogP contribution in [0.4, 0.5) is 0 Å². The average molecular weight is 315 g/mol. The van der Waals surface area contributed by atoms with Crippen molar-refractivity contribution >= 4 is 30.1 Å². The summed E-state index contributed by atoms with van der Waals surface area (Å²) in [6, 6.07) is 8.01. The highest BCUT2D eigenvalue weighted by Gasteiger charge is 2.26. The number of rotatable bonds is 3. The Balaban J connectivity index is 0.00000200. The third kappa shape index (κ3) is 4.14. The summed E-state index contributed by atoms with van der Waals surface area (Å²) in [6.45, 7) is 3.68. The van der Waals surface area contributed by atoms with Crippen molar-refractivity contribution in [3.05, 3.63) is 29.8 Å². The summed E-state index contributed by atoms with van der Waals surface area (Å²) in [6.07, 6.45) is 4.22. The topological polar surface area (TPSA) is 46.3 Å². The molecule has 112 valence electrons. The van der Waals surface area contributed by atoms with Crippen molar-refractivity contribution in [2.45, 2.75) is 30.7 Å². The van der Waals surface area contributed by atoms with E-state index in [2.05, 4.69) is 0 Å². The number of carbonyl (C=O) groups excluding carboxylic acids is 1. The standard InChI is InChI=1S/C15H22N2OS.ClH/c1-11(16)13-4-3-9-17(10-13)15(18)12-5-7-14(19-2)8-6-12;/h5-8,11,13H,3-4,9-10,16H2,1-2H3;1H. The predicted octanol–water partition coefficient (Wildman–Crippen LogP) is 3.03.